The molecule has 0 spiro atoms. The number of alkyl halides is 3. The van der Waals surface area contributed by atoms with Crippen molar-refractivity contribution in [3.8, 4) is 11.4 Å². The summed E-state index contributed by atoms with van der Waals surface area (Å²) in [4.78, 5) is 12.2. The fourth-order valence-corrected chi connectivity index (χ4v) is 3.41. The predicted molar refractivity (Wildman–Crippen MR) is 111 cm³/mol. The van der Waals surface area contributed by atoms with Crippen molar-refractivity contribution in [1.82, 2.24) is 9.99 Å². The molecular formula is C21H17BrF3N3O2. The molecule has 0 aliphatic heterocycles. The molecule has 5 nitrogen and oxygen atoms in total. The molecule has 1 aromatic heterocycles. The standard InChI is InChI=1S/C21H17BrF3N3O2/c1-12-8-14(11-26-27-20(30)18-10-16(22)6-7-19(18)29)13(2)28(12)17-5-3-4-15(9-17)21(23,24)25/h3-11,29H,1-2H3,(H,27,30)/b26-11-. The first-order chi connectivity index (χ1) is 14.1. The molecule has 156 valence electrons. The first-order valence-electron chi connectivity index (χ1n) is 8.76. The minimum absolute atomic E-state index is 0.0518. The van der Waals surface area contributed by atoms with E-state index in [1.54, 1.807) is 36.6 Å². The van der Waals surface area contributed by atoms with Gasteiger partial charge >= 0.3 is 6.18 Å². The van der Waals surface area contributed by atoms with Gasteiger partial charge in [0.1, 0.15) is 5.75 Å². The van der Waals surface area contributed by atoms with Crippen molar-refractivity contribution in [2.45, 2.75) is 20.0 Å². The lowest BCUT2D eigenvalue weighted by Crippen LogP contribution is -2.17. The number of rotatable bonds is 4. The Hall–Kier alpha value is -3.07. The third-order valence-electron chi connectivity index (χ3n) is 4.47. The predicted octanol–water partition coefficient (Wildman–Crippen LogP) is 5.34. The number of hydrazone groups is 1. The van der Waals surface area contributed by atoms with Gasteiger partial charge in [0.25, 0.3) is 5.91 Å². The van der Waals surface area contributed by atoms with Gasteiger partial charge in [-0.25, -0.2) is 5.43 Å². The van der Waals surface area contributed by atoms with Crippen molar-refractivity contribution < 1.29 is 23.1 Å². The molecule has 2 N–H and O–H groups in total. The van der Waals surface area contributed by atoms with Crippen LogP contribution in [-0.2, 0) is 6.18 Å². The second kappa shape index (κ2) is 8.35. The number of amides is 1. The molecule has 1 amide bonds. The van der Waals surface area contributed by atoms with Crippen LogP contribution in [0.1, 0.15) is 32.9 Å². The molecule has 30 heavy (non-hydrogen) atoms. The van der Waals surface area contributed by atoms with Crippen LogP contribution in [0.3, 0.4) is 0 Å². The summed E-state index contributed by atoms with van der Waals surface area (Å²) in [6, 6.07) is 11.2. The molecule has 0 atom stereocenters. The molecule has 0 radical (unpaired) electrons. The van der Waals surface area contributed by atoms with E-state index in [0.29, 0.717) is 27.1 Å². The van der Waals surface area contributed by atoms with Crippen LogP contribution >= 0.6 is 15.9 Å². The minimum Gasteiger partial charge on any atom is -0.507 e. The molecule has 0 saturated heterocycles. The highest BCUT2D eigenvalue weighted by molar-refractivity contribution is 9.10. The van der Waals surface area contributed by atoms with Crippen LogP contribution in [0.15, 0.2) is 58.1 Å². The molecule has 0 bridgehead atoms. The number of hydrogen-bond acceptors (Lipinski definition) is 3. The zero-order valence-corrected chi connectivity index (χ0v) is 17.5. The van der Waals surface area contributed by atoms with Crippen molar-refractivity contribution >= 4 is 28.1 Å². The van der Waals surface area contributed by atoms with Crippen molar-refractivity contribution in [2.24, 2.45) is 5.10 Å². The molecule has 9 heteroatoms. The fourth-order valence-electron chi connectivity index (χ4n) is 3.05. The normalized spacial score (nSPS) is 11.8. The summed E-state index contributed by atoms with van der Waals surface area (Å²) in [5.41, 5.74) is 4.03. The molecule has 3 rings (SSSR count). The van der Waals surface area contributed by atoms with Crippen molar-refractivity contribution in [3.05, 3.63) is 81.1 Å². The number of aryl methyl sites for hydroxylation is 1. The number of phenols is 1. The Kier molecular flexibility index (Phi) is 6.02. The number of carbonyl (C=O) groups is 1. The van der Waals surface area contributed by atoms with Crippen LogP contribution in [0.2, 0.25) is 0 Å². The summed E-state index contributed by atoms with van der Waals surface area (Å²) >= 11 is 3.23. The maximum Gasteiger partial charge on any atom is 0.416 e. The molecular weight excluding hydrogens is 463 g/mol. The Balaban J connectivity index is 1.84. The average Bonchev–Trinajstić information content (AvgIpc) is 2.96. The summed E-state index contributed by atoms with van der Waals surface area (Å²) in [5, 5.41) is 13.7. The minimum atomic E-state index is -4.43. The van der Waals surface area contributed by atoms with E-state index < -0.39 is 17.6 Å². The van der Waals surface area contributed by atoms with Gasteiger partial charge in [-0.2, -0.15) is 18.3 Å². The smallest absolute Gasteiger partial charge is 0.416 e. The Bertz CT molecular complexity index is 1140. The van der Waals surface area contributed by atoms with Crippen LogP contribution in [-0.4, -0.2) is 21.8 Å². The van der Waals surface area contributed by atoms with E-state index in [9.17, 15) is 23.1 Å². The summed E-state index contributed by atoms with van der Waals surface area (Å²) in [6.45, 7) is 3.51. The molecule has 0 fully saturated rings. The first-order valence-corrected chi connectivity index (χ1v) is 9.55. The highest BCUT2D eigenvalue weighted by atomic mass is 79.9. The van der Waals surface area contributed by atoms with Gasteiger partial charge in [0.05, 0.1) is 17.3 Å². The van der Waals surface area contributed by atoms with Gasteiger partial charge in [-0.05, 0) is 56.3 Å². The van der Waals surface area contributed by atoms with Crippen LogP contribution in [0.5, 0.6) is 5.75 Å². The lowest BCUT2D eigenvalue weighted by Gasteiger charge is -2.13. The zero-order valence-electron chi connectivity index (χ0n) is 16.0. The second-order valence-corrected chi connectivity index (χ2v) is 7.49. The number of phenolic OH excluding ortho intramolecular Hbond substituents is 1. The monoisotopic (exact) mass is 479 g/mol. The topological polar surface area (TPSA) is 66.6 Å². The molecule has 0 aliphatic carbocycles. The summed E-state index contributed by atoms with van der Waals surface area (Å²) in [7, 11) is 0. The Morgan fingerprint density at radius 1 is 1.17 bits per heavy atom. The lowest BCUT2D eigenvalue weighted by atomic mass is 10.2. The number of aromatic nitrogens is 1. The van der Waals surface area contributed by atoms with Gasteiger partial charge in [0.2, 0.25) is 0 Å². The van der Waals surface area contributed by atoms with E-state index in [4.69, 9.17) is 0 Å². The largest absolute Gasteiger partial charge is 0.507 e. The fraction of sp³-hybridized carbons (Fsp3) is 0.143. The van der Waals surface area contributed by atoms with Crippen LogP contribution in [0, 0.1) is 13.8 Å². The summed E-state index contributed by atoms with van der Waals surface area (Å²) in [5.74, 6) is -0.787. The number of carbonyl (C=O) groups excluding carboxylic acids is 1. The van der Waals surface area contributed by atoms with Crippen LogP contribution in [0.4, 0.5) is 13.2 Å². The maximum absolute atomic E-state index is 13.0. The van der Waals surface area contributed by atoms with E-state index in [2.05, 4.69) is 26.5 Å². The lowest BCUT2D eigenvalue weighted by molar-refractivity contribution is -0.137. The zero-order chi connectivity index (χ0) is 22.1. The van der Waals surface area contributed by atoms with Crippen molar-refractivity contribution in [3.63, 3.8) is 0 Å². The second-order valence-electron chi connectivity index (χ2n) is 6.57. The van der Waals surface area contributed by atoms with E-state index in [1.165, 1.54) is 24.4 Å². The Labute approximate surface area is 179 Å². The van der Waals surface area contributed by atoms with Crippen LogP contribution in [0.25, 0.3) is 5.69 Å². The van der Waals surface area contributed by atoms with Gasteiger partial charge < -0.3 is 9.67 Å². The SMILES string of the molecule is Cc1cc(/C=N\NC(=O)c2cc(Br)ccc2O)c(C)n1-c1cccc(C(F)(F)F)c1. The number of benzene rings is 2. The highest BCUT2D eigenvalue weighted by Crippen LogP contribution is 2.31. The molecule has 0 aliphatic rings. The van der Waals surface area contributed by atoms with E-state index in [1.807, 2.05) is 0 Å². The highest BCUT2D eigenvalue weighted by Gasteiger charge is 2.30. The molecule has 0 unspecified atom stereocenters. The number of halogens is 4. The van der Waals surface area contributed by atoms with Gasteiger partial charge in [-0.15, -0.1) is 0 Å². The first kappa shape index (κ1) is 21.6. The number of hydrogen-bond donors (Lipinski definition) is 2. The van der Waals surface area contributed by atoms with E-state index in [-0.39, 0.29) is 11.3 Å². The van der Waals surface area contributed by atoms with E-state index in [0.717, 1.165) is 12.1 Å². The quantitative estimate of drug-likeness (QED) is 0.391. The van der Waals surface area contributed by atoms with Gasteiger partial charge in [-0.1, -0.05) is 22.0 Å². The molecule has 2 aromatic carbocycles. The van der Waals surface area contributed by atoms with Gasteiger partial charge in [0, 0.05) is 27.1 Å². The number of aromatic hydroxyl groups is 1. The molecule has 1 heterocycles. The molecule has 3 aromatic rings. The van der Waals surface area contributed by atoms with Gasteiger partial charge in [-0.3, -0.25) is 4.79 Å². The van der Waals surface area contributed by atoms with Crippen molar-refractivity contribution in [1.29, 1.82) is 0 Å². The third-order valence-corrected chi connectivity index (χ3v) is 4.97. The summed E-state index contributed by atoms with van der Waals surface area (Å²) < 4.78 is 41.4. The van der Waals surface area contributed by atoms with Crippen molar-refractivity contribution in [2.75, 3.05) is 0 Å². The maximum atomic E-state index is 13.0. The third kappa shape index (κ3) is 4.56. The Morgan fingerprint density at radius 2 is 1.90 bits per heavy atom. The summed E-state index contributed by atoms with van der Waals surface area (Å²) in [6.07, 6.45) is -3.03. The Morgan fingerprint density at radius 3 is 2.60 bits per heavy atom. The average molecular weight is 480 g/mol. The number of nitrogens with one attached hydrogen (secondary N) is 1. The van der Waals surface area contributed by atoms with Gasteiger partial charge in [0.15, 0.2) is 0 Å². The number of nitrogens with zero attached hydrogens (tertiary/aromatic N) is 2. The van der Waals surface area contributed by atoms with Crippen LogP contribution < -0.4 is 5.43 Å². The molecule has 0 saturated carbocycles. The van der Waals surface area contributed by atoms with E-state index >= 15 is 0 Å².